The van der Waals surface area contributed by atoms with Crippen LogP contribution in [0.1, 0.15) is 27.2 Å². The molecule has 0 bridgehead atoms. The Labute approximate surface area is 135 Å². The van der Waals surface area contributed by atoms with Crippen LogP contribution in [0, 0.1) is 20.8 Å². The van der Waals surface area contributed by atoms with Crippen molar-refractivity contribution in [3.63, 3.8) is 0 Å². The number of anilines is 1. The molecule has 0 radical (unpaired) electrons. The molecule has 2 rings (SSSR count). The molecule has 0 saturated heterocycles. The van der Waals surface area contributed by atoms with E-state index in [9.17, 15) is 13.2 Å². The van der Waals surface area contributed by atoms with Crippen molar-refractivity contribution < 1.29 is 13.2 Å². The van der Waals surface area contributed by atoms with Crippen molar-refractivity contribution >= 4 is 21.7 Å². The van der Waals surface area contributed by atoms with Gasteiger partial charge in [-0.05, 0) is 44.0 Å². The van der Waals surface area contributed by atoms with Crippen molar-refractivity contribution in [2.45, 2.75) is 25.7 Å². The second-order valence-electron chi connectivity index (χ2n) is 5.22. The van der Waals surface area contributed by atoms with Gasteiger partial charge in [-0.2, -0.15) is 0 Å². The lowest BCUT2D eigenvalue weighted by Crippen LogP contribution is -2.21. The van der Waals surface area contributed by atoms with Crippen LogP contribution in [-0.4, -0.2) is 31.6 Å². The number of nitrogens with zero attached hydrogens (tertiary/aromatic N) is 2. The van der Waals surface area contributed by atoms with Crippen LogP contribution in [0.2, 0.25) is 0 Å². The third kappa shape index (κ3) is 3.65. The maximum Gasteiger partial charge on any atom is 0.271 e. The maximum absolute atomic E-state index is 12.6. The van der Waals surface area contributed by atoms with Gasteiger partial charge in [0.2, 0.25) is 0 Å². The minimum Gasteiger partial charge on any atom is -0.354 e. The van der Waals surface area contributed by atoms with Gasteiger partial charge in [0.15, 0.2) is 11.5 Å². The number of aryl methyl sites for hydroxylation is 3. The summed E-state index contributed by atoms with van der Waals surface area (Å²) in [6.07, 6.45) is 0. The summed E-state index contributed by atoms with van der Waals surface area (Å²) in [4.78, 5) is 11.6. The Bertz CT molecular complexity index is 823. The van der Waals surface area contributed by atoms with Crippen LogP contribution in [0.5, 0.6) is 0 Å². The van der Waals surface area contributed by atoms with Crippen LogP contribution in [-0.2, 0) is 10.0 Å². The fraction of sp³-hybridized carbons (Fsp3) is 0.267. The third-order valence-electron chi connectivity index (χ3n) is 3.24. The summed E-state index contributed by atoms with van der Waals surface area (Å²) in [7, 11) is -2.31. The van der Waals surface area contributed by atoms with E-state index in [0.717, 1.165) is 5.56 Å². The van der Waals surface area contributed by atoms with Gasteiger partial charge in [0.25, 0.3) is 15.9 Å². The van der Waals surface area contributed by atoms with Gasteiger partial charge >= 0.3 is 0 Å². The molecule has 0 saturated carbocycles. The molecule has 0 fully saturated rings. The standard InChI is InChI=1S/C15H18N4O3S/c1-9-7-10(2)14(11(3)8-9)23(21,22)19-13-6-5-12(17-18-13)15(20)16-4/h5-8H,1-4H3,(H,16,20)(H,18,19). The van der Waals surface area contributed by atoms with Crippen molar-refractivity contribution in [3.8, 4) is 0 Å². The molecule has 2 aromatic rings. The number of rotatable bonds is 4. The number of hydrogen-bond donors (Lipinski definition) is 2. The van der Waals surface area contributed by atoms with Crippen molar-refractivity contribution in [1.82, 2.24) is 15.5 Å². The summed E-state index contributed by atoms with van der Waals surface area (Å²) in [5.74, 6) is -0.339. The fourth-order valence-electron chi connectivity index (χ4n) is 2.42. The highest BCUT2D eigenvalue weighted by atomic mass is 32.2. The molecule has 2 N–H and O–H groups in total. The summed E-state index contributed by atoms with van der Waals surface area (Å²) >= 11 is 0. The van der Waals surface area contributed by atoms with E-state index in [1.54, 1.807) is 13.8 Å². The summed E-state index contributed by atoms with van der Waals surface area (Å²) in [5.41, 5.74) is 2.42. The molecule has 8 heteroatoms. The highest BCUT2D eigenvalue weighted by Gasteiger charge is 2.21. The number of carbonyl (C=O) groups is 1. The molecule has 1 amide bonds. The highest BCUT2D eigenvalue weighted by molar-refractivity contribution is 7.92. The van der Waals surface area contributed by atoms with Gasteiger partial charge < -0.3 is 5.32 Å². The van der Waals surface area contributed by atoms with E-state index in [1.165, 1.54) is 19.2 Å². The number of amides is 1. The Hall–Kier alpha value is -2.48. The van der Waals surface area contributed by atoms with Crippen molar-refractivity contribution in [3.05, 3.63) is 46.6 Å². The summed E-state index contributed by atoms with van der Waals surface area (Å²) in [6.45, 7) is 5.40. The Morgan fingerprint density at radius 3 is 2.13 bits per heavy atom. The predicted molar refractivity (Wildman–Crippen MR) is 86.9 cm³/mol. The molecule has 23 heavy (non-hydrogen) atoms. The topological polar surface area (TPSA) is 101 Å². The van der Waals surface area contributed by atoms with Crippen LogP contribution >= 0.6 is 0 Å². The van der Waals surface area contributed by atoms with Crippen molar-refractivity contribution in [1.29, 1.82) is 0 Å². The first-order valence-corrected chi connectivity index (χ1v) is 8.39. The quantitative estimate of drug-likeness (QED) is 0.883. The second-order valence-corrected chi connectivity index (χ2v) is 6.84. The summed E-state index contributed by atoms with van der Waals surface area (Å²) < 4.78 is 27.5. The average Bonchev–Trinajstić information content (AvgIpc) is 2.45. The molecule has 7 nitrogen and oxygen atoms in total. The van der Waals surface area contributed by atoms with Gasteiger partial charge in [-0.1, -0.05) is 17.7 Å². The zero-order chi connectivity index (χ0) is 17.2. The summed E-state index contributed by atoms with van der Waals surface area (Å²) in [6, 6.07) is 6.41. The first-order valence-electron chi connectivity index (χ1n) is 6.91. The first kappa shape index (κ1) is 16.9. The fourth-order valence-corrected chi connectivity index (χ4v) is 3.87. The van der Waals surface area contributed by atoms with E-state index in [1.807, 2.05) is 19.1 Å². The van der Waals surface area contributed by atoms with Gasteiger partial charge in [0, 0.05) is 7.05 Å². The number of hydrogen-bond acceptors (Lipinski definition) is 5. The lowest BCUT2D eigenvalue weighted by atomic mass is 10.1. The molecule has 0 atom stereocenters. The van der Waals surface area contributed by atoms with Gasteiger partial charge in [-0.15, -0.1) is 10.2 Å². The molecular weight excluding hydrogens is 316 g/mol. The monoisotopic (exact) mass is 334 g/mol. The Balaban J connectivity index is 2.34. The molecule has 0 aliphatic rings. The molecule has 1 heterocycles. The van der Waals surface area contributed by atoms with E-state index in [-0.39, 0.29) is 16.4 Å². The van der Waals surface area contributed by atoms with Crippen molar-refractivity contribution in [2.75, 3.05) is 11.8 Å². The second kappa shape index (κ2) is 6.33. The van der Waals surface area contributed by atoms with E-state index in [4.69, 9.17) is 0 Å². The molecule has 1 aromatic heterocycles. The molecule has 1 aromatic carbocycles. The number of sulfonamides is 1. The molecule has 0 aliphatic heterocycles. The van der Waals surface area contributed by atoms with Gasteiger partial charge in [0.1, 0.15) is 0 Å². The Kier molecular flexibility index (Phi) is 4.65. The highest BCUT2D eigenvalue weighted by Crippen LogP contribution is 2.23. The van der Waals surface area contributed by atoms with E-state index in [2.05, 4.69) is 20.2 Å². The number of aromatic nitrogens is 2. The Morgan fingerprint density at radius 1 is 1.04 bits per heavy atom. The van der Waals surface area contributed by atoms with E-state index in [0.29, 0.717) is 11.1 Å². The van der Waals surface area contributed by atoms with Gasteiger partial charge in [-0.25, -0.2) is 8.42 Å². The van der Waals surface area contributed by atoms with Crippen LogP contribution in [0.25, 0.3) is 0 Å². The zero-order valence-corrected chi connectivity index (χ0v) is 14.2. The molecule has 0 aliphatic carbocycles. The number of carbonyl (C=O) groups excluding carboxylic acids is 1. The Morgan fingerprint density at radius 2 is 1.65 bits per heavy atom. The van der Waals surface area contributed by atoms with E-state index < -0.39 is 15.9 Å². The minimum atomic E-state index is -3.78. The van der Waals surface area contributed by atoms with Crippen LogP contribution in [0.15, 0.2) is 29.2 Å². The summed E-state index contributed by atoms with van der Waals surface area (Å²) in [5, 5.41) is 9.85. The first-order chi connectivity index (χ1) is 10.7. The van der Waals surface area contributed by atoms with Crippen LogP contribution in [0.4, 0.5) is 5.82 Å². The van der Waals surface area contributed by atoms with Crippen LogP contribution < -0.4 is 10.0 Å². The van der Waals surface area contributed by atoms with Gasteiger partial charge in [0.05, 0.1) is 4.90 Å². The molecule has 122 valence electrons. The predicted octanol–water partition coefficient (Wildman–Crippen LogP) is 1.56. The maximum atomic E-state index is 12.6. The average molecular weight is 334 g/mol. The number of nitrogens with one attached hydrogen (secondary N) is 2. The SMILES string of the molecule is CNC(=O)c1ccc(NS(=O)(=O)c2c(C)cc(C)cc2C)nn1. The van der Waals surface area contributed by atoms with Gasteiger partial charge in [-0.3, -0.25) is 9.52 Å². The lowest BCUT2D eigenvalue weighted by molar-refractivity contribution is 0.0957. The molecule has 0 unspecified atom stereocenters. The smallest absolute Gasteiger partial charge is 0.271 e. The van der Waals surface area contributed by atoms with Crippen LogP contribution in [0.3, 0.4) is 0 Å². The largest absolute Gasteiger partial charge is 0.354 e. The molecule has 0 spiro atoms. The van der Waals surface area contributed by atoms with Crippen molar-refractivity contribution in [2.24, 2.45) is 0 Å². The lowest BCUT2D eigenvalue weighted by Gasteiger charge is -2.13. The minimum absolute atomic E-state index is 0.0528. The normalized spacial score (nSPS) is 11.1. The molecular formula is C15H18N4O3S. The third-order valence-corrected chi connectivity index (χ3v) is 4.90. The number of benzene rings is 1. The van der Waals surface area contributed by atoms with E-state index >= 15 is 0 Å². The zero-order valence-electron chi connectivity index (χ0n) is 13.3.